The van der Waals surface area contributed by atoms with Crippen molar-refractivity contribution < 1.29 is 19.4 Å². The summed E-state index contributed by atoms with van der Waals surface area (Å²) in [6, 6.07) is 4.20. The Balaban J connectivity index is 2.91. The first-order valence-corrected chi connectivity index (χ1v) is 3.88. The van der Waals surface area contributed by atoms with Gasteiger partial charge in [-0.2, -0.15) is 0 Å². The highest BCUT2D eigenvalue weighted by Crippen LogP contribution is 2.26. The maximum atomic E-state index is 10.8. The standard InChI is InChI=1S/C10H10O4/c1-3-10(12)14-9-5-7(11)4-8(6-9)13-2/h3-6,11H,1H2,2H3. The first-order valence-electron chi connectivity index (χ1n) is 3.88. The lowest BCUT2D eigenvalue weighted by molar-refractivity contribution is -0.128. The average molecular weight is 194 g/mol. The minimum atomic E-state index is -0.586. The number of rotatable bonds is 3. The maximum absolute atomic E-state index is 10.8. The van der Waals surface area contributed by atoms with Crippen molar-refractivity contribution in [3.05, 3.63) is 30.9 Å². The number of esters is 1. The molecular formula is C10H10O4. The van der Waals surface area contributed by atoms with E-state index in [1.807, 2.05) is 0 Å². The van der Waals surface area contributed by atoms with Crippen LogP contribution in [0.3, 0.4) is 0 Å². The van der Waals surface area contributed by atoms with Crippen molar-refractivity contribution in [1.29, 1.82) is 0 Å². The van der Waals surface area contributed by atoms with Gasteiger partial charge >= 0.3 is 5.97 Å². The quantitative estimate of drug-likeness (QED) is 0.450. The molecule has 0 fully saturated rings. The molecule has 0 atom stereocenters. The van der Waals surface area contributed by atoms with Gasteiger partial charge in [0.1, 0.15) is 17.2 Å². The topological polar surface area (TPSA) is 55.8 Å². The van der Waals surface area contributed by atoms with Crippen molar-refractivity contribution in [2.45, 2.75) is 0 Å². The van der Waals surface area contributed by atoms with Gasteiger partial charge in [-0.25, -0.2) is 4.79 Å². The van der Waals surface area contributed by atoms with E-state index in [1.54, 1.807) is 0 Å². The fourth-order valence-electron chi connectivity index (χ4n) is 0.891. The van der Waals surface area contributed by atoms with E-state index in [9.17, 15) is 9.90 Å². The highest BCUT2D eigenvalue weighted by Gasteiger charge is 2.04. The molecule has 1 aromatic rings. The number of ether oxygens (including phenoxy) is 2. The summed E-state index contributed by atoms with van der Waals surface area (Å²) in [7, 11) is 1.45. The minimum absolute atomic E-state index is 0.0313. The summed E-state index contributed by atoms with van der Waals surface area (Å²) in [5.74, 6) is 0.0116. The molecule has 0 radical (unpaired) electrons. The Labute approximate surface area is 81.4 Å². The van der Waals surface area contributed by atoms with Crippen LogP contribution in [-0.4, -0.2) is 18.2 Å². The SMILES string of the molecule is C=CC(=O)Oc1cc(O)cc(OC)c1. The average Bonchev–Trinajstić information content (AvgIpc) is 2.16. The zero-order valence-corrected chi connectivity index (χ0v) is 7.69. The summed E-state index contributed by atoms with van der Waals surface area (Å²) in [5, 5.41) is 9.21. The number of phenols is 1. The molecule has 0 bridgehead atoms. The highest BCUT2D eigenvalue weighted by molar-refractivity contribution is 5.83. The molecule has 0 amide bonds. The summed E-state index contributed by atoms with van der Waals surface area (Å²) in [6.07, 6.45) is 1.04. The van der Waals surface area contributed by atoms with E-state index in [0.717, 1.165) is 6.08 Å². The van der Waals surface area contributed by atoms with Crippen molar-refractivity contribution in [3.63, 3.8) is 0 Å². The number of carbonyl (C=O) groups excluding carboxylic acids is 1. The maximum Gasteiger partial charge on any atom is 0.335 e. The Kier molecular flexibility index (Phi) is 3.12. The fourth-order valence-corrected chi connectivity index (χ4v) is 0.891. The number of hydrogen-bond donors (Lipinski definition) is 1. The first-order chi connectivity index (χ1) is 6.65. The Morgan fingerprint density at radius 1 is 1.43 bits per heavy atom. The first kappa shape index (κ1) is 10.1. The van der Waals surface area contributed by atoms with E-state index >= 15 is 0 Å². The number of hydrogen-bond acceptors (Lipinski definition) is 4. The van der Waals surface area contributed by atoms with Crippen molar-refractivity contribution in [1.82, 2.24) is 0 Å². The molecule has 0 unspecified atom stereocenters. The molecular weight excluding hydrogens is 184 g/mol. The van der Waals surface area contributed by atoms with Gasteiger partial charge in [-0.1, -0.05) is 6.58 Å². The molecule has 14 heavy (non-hydrogen) atoms. The van der Waals surface area contributed by atoms with Crippen LogP contribution >= 0.6 is 0 Å². The number of phenolic OH excluding ortho intramolecular Hbond substituents is 1. The van der Waals surface area contributed by atoms with Crippen LogP contribution in [0, 0.1) is 0 Å². The molecule has 4 heteroatoms. The fraction of sp³-hybridized carbons (Fsp3) is 0.100. The zero-order chi connectivity index (χ0) is 10.6. The molecule has 0 spiro atoms. The van der Waals surface area contributed by atoms with Crippen LogP contribution in [0.1, 0.15) is 0 Å². The third kappa shape index (κ3) is 2.52. The van der Waals surface area contributed by atoms with Gasteiger partial charge in [-0.05, 0) is 0 Å². The summed E-state index contributed by atoms with van der Waals surface area (Å²) < 4.78 is 9.66. The normalized spacial score (nSPS) is 9.21. The van der Waals surface area contributed by atoms with Gasteiger partial charge in [-0.15, -0.1) is 0 Å². The molecule has 0 saturated carbocycles. The number of aromatic hydroxyl groups is 1. The predicted octanol–water partition coefficient (Wildman–Crippen LogP) is 1.49. The molecule has 4 nitrogen and oxygen atoms in total. The van der Waals surface area contributed by atoms with Crippen LogP contribution in [-0.2, 0) is 4.79 Å². The van der Waals surface area contributed by atoms with Gasteiger partial charge in [0, 0.05) is 24.3 Å². The van der Waals surface area contributed by atoms with Crippen molar-refractivity contribution in [3.8, 4) is 17.2 Å². The molecule has 1 N–H and O–H groups in total. The smallest absolute Gasteiger partial charge is 0.335 e. The molecule has 0 heterocycles. The highest BCUT2D eigenvalue weighted by atomic mass is 16.5. The van der Waals surface area contributed by atoms with Crippen LogP contribution < -0.4 is 9.47 Å². The van der Waals surface area contributed by atoms with Crippen LogP contribution in [0.25, 0.3) is 0 Å². The van der Waals surface area contributed by atoms with Gasteiger partial charge in [0.05, 0.1) is 7.11 Å². The molecule has 0 aromatic heterocycles. The Hall–Kier alpha value is -1.97. The Morgan fingerprint density at radius 2 is 2.07 bits per heavy atom. The zero-order valence-electron chi connectivity index (χ0n) is 7.69. The number of methoxy groups -OCH3 is 1. The van der Waals surface area contributed by atoms with E-state index in [2.05, 4.69) is 6.58 Å². The van der Waals surface area contributed by atoms with E-state index < -0.39 is 5.97 Å². The van der Waals surface area contributed by atoms with E-state index in [-0.39, 0.29) is 11.5 Å². The van der Waals surface area contributed by atoms with Gasteiger partial charge in [-0.3, -0.25) is 0 Å². The number of benzene rings is 1. The van der Waals surface area contributed by atoms with E-state index in [4.69, 9.17) is 9.47 Å². The van der Waals surface area contributed by atoms with E-state index in [0.29, 0.717) is 5.75 Å². The molecule has 1 aromatic carbocycles. The van der Waals surface area contributed by atoms with Crippen molar-refractivity contribution in [2.24, 2.45) is 0 Å². The van der Waals surface area contributed by atoms with Crippen LogP contribution in [0.15, 0.2) is 30.9 Å². The lowest BCUT2D eigenvalue weighted by Gasteiger charge is -2.05. The van der Waals surface area contributed by atoms with Gasteiger partial charge < -0.3 is 14.6 Å². The van der Waals surface area contributed by atoms with Gasteiger partial charge in [0.15, 0.2) is 0 Å². The molecule has 0 saturated heterocycles. The minimum Gasteiger partial charge on any atom is -0.508 e. The molecule has 0 aliphatic heterocycles. The lowest BCUT2D eigenvalue weighted by atomic mass is 10.3. The molecule has 0 aliphatic rings. The summed E-state index contributed by atoms with van der Waals surface area (Å²) >= 11 is 0. The largest absolute Gasteiger partial charge is 0.508 e. The summed E-state index contributed by atoms with van der Waals surface area (Å²) in [6.45, 7) is 3.25. The van der Waals surface area contributed by atoms with Crippen LogP contribution in [0.5, 0.6) is 17.2 Å². The molecule has 1 rings (SSSR count). The monoisotopic (exact) mass is 194 g/mol. The summed E-state index contributed by atoms with van der Waals surface area (Å²) in [4.78, 5) is 10.8. The Bertz CT molecular complexity index is 357. The Morgan fingerprint density at radius 3 is 2.64 bits per heavy atom. The summed E-state index contributed by atoms with van der Waals surface area (Å²) in [5.41, 5.74) is 0. The third-order valence-corrected chi connectivity index (χ3v) is 1.49. The van der Waals surface area contributed by atoms with Gasteiger partial charge in [0.2, 0.25) is 0 Å². The number of carbonyl (C=O) groups is 1. The third-order valence-electron chi connectivity index (χ3n) is 1.49. The van der Waals surface area contributed by atoms with Crippen LogP contribution in [0.4, 0.5) is 0 Å². The van der Waals surface area contributed by atoms with E-state index in [1.165, 1.54) is 25.3 Å². The molecule has 0 aliphatic carbocycles. The second kappa shape index (κ2) is 4.32. The predicted molar refractivity (Wildman–Crippen MR) is 50.5 cm³/mol. The lowest BCUT2D eigenvalue weighted by Crippen LogP contribution is -2.02. The van der Waals surface area contributed by atoms with Crippen molar-refractivity contribution >= 4 is 5.97 Å². The molecule has 74 valence electrons. The second-order valence-electron chi connectivity index (χ2n) is 2.49. The van der Waals surface area contributed by atoms with Crippen molar-refractivity contribution in [2.75, 3.05) is 7.11 Å². The van der Waals surface area contributed by atoms with Crippen LogP contribution in [0.2, 0.25) is 0 Å². The second-order valence-corrected chi connectivity index (χ2v) is 2.49. The van der Waals surface area contributed by atoms with Gasteiger partial charge in [0.25, 0.3) is 0 Å².